The fourth-order valence-electron chi connectivity index (χ4n) is 2.81. The first-order chi connectivity index (χ1) is 8.56. The van der Waals surface area contributed by atoms with Crippen LogP contribution in [0.5, 0.6) is 0 Å². The maximum Gasteiger partial charge on any atom is 0.236 e. The molecule has 0 bridgehead atoms. The van der Waals surface area contributed by atoms with Crippen molar-refractivity contribution >= 4 is 5.91 Å². The van der Waals surface area contributed by atoms with Gasteiger partial charge in [0.15, 0.2) is 0 Å². The second-order valence-electron chi connectivity index (χ2n) is 6.13. The predicted octanol–water partition coefficient (Wildman–Crippen LogP) is 0.948. The lowest BCUT2D eigenvalue weighted by atomic mass is 9.96. The number of nitrogens with zero attached hydrogens (tertiary/aromatic N) is 2. The Morgan fingerprint density at radius 3 is 2.44 bits per heavy atom. The Kier molecular flexibility index (Phi) is 4.62. The topological polar surface area (TPSA) is 43.8 Å². The molecule has 2 aliphatic rings. The zero-order valence-electron chi connectivity index (χ0n) is 11.6. The molecule has 0 aromatic carbocycles. The quantitative estimate of drug-likeness (QED) is 0.798. The third kappa shape index (κ3) is 3.45. The van der Waals surface area contributed by atoms with E-state index in [9.17, 15) is 9.90 Å². The van der Waals surface area contributed by atoms with E-state index in [4.69, 9.17) is 0 Å². The number of hydrogen-bond acceptors (Lipinski definition) is 3. The van der Waals surface area contributed by atoms with E-state index in [1.807, 2.05) is 4.90 Å². The lowest BCUT2D eigenvalue weighted by Gasteiger charge is -2.36. The molecular weight excluding hydrogens is 228 g/mol. The number of amides is 1. The maximum atomic E-state index is 12.2. The van der Waals surface area contributed by atoms with E-state index in [1.54, 1.807) is 0 Å². The summed E-state index contributed by atoms with van der Waals surface area (Å²) in [6.45, 7) is 8.23. The Morgan fingerprint density at radius 1 is 1.17 bits per heavy atom. The van der Waals surface area contributed by atoms with Crippen LogP contribution in [0.3, 0.4) is 0 Å². The minimum atomic E-state index is -0.270. The summed E-state index contributed by atoms with van der Waals surface area (Å²) in [4.78, 5) is 16.3. The van der Waals surface area contributed by atoms with Crippen LogP contribution in [0.4, 0.5) is 0 Å². The van der Waals surface area contributed by atoms with Gasteiger partial charge in [0.1, 0.15) is 0 Å². The molecule has 2 heterocycles. The SMILES string of the molecule is CC1CCN(C(=O)CN2CCC(C)C(O)C2)CC1. The summed E-state index contributed by atoms with van der Waals surface area (Å²) in [6.07, 6.45) is 2.98. The first kappa shape index (κ1) is 13.8. The van der Waals surface area contributed by atoms with Gasteiger partial charge in [-0.3, -0.25) is 9.69 Å². The smallest absolute Gasteiger partial charge is 0.236 e. The molecule has 0 aromatic rings. The van der Waals surface area contributed by atoms with Crippen LogP contribution in [-0.4, -0.2) is 59.6 Å². The van der Waals surface area contributed by atoms with Crippen molar-refractivity contribution in [1.82, 2.24) is 9.80 Å². The molecule has 0 radical (unpaired) electrons. The highest BCUT2D eigenvalue weighted by Gasteiger charge is 2.27. The molecule has 4 nitrogen and oxygen atoms in total. The van der Waals surface area contributed by atoms with Crippen molar-refractivity contribution in [3.05, 3.63) is 0 Å². The molecule has 18 heavy (non-hydrogen) atoms. The van der Waals surface area contributed by atoms with E-state index in [0.717, 1.165) is 44.8 Å². The van der Waals surface area contributed by atoms with Crippen molar-refractivity contribution in [1.29, 1.82) is 0 Å². The summed E-state index contributed by atoms with van der Waals surface area (Å²) in [5.41, 5.74) is 0. The zero-order chi connectivity index (χ0) is 13.1. The van der Waals surface area contributed by atoms with Gasteiger partial charge in [-0.2, -0.15) is 0 Å². The highest BCUT2D eigenvalue weighted by atomic mass is 16.3. The number of β-amino-alcohol motifs (C(OH)–C–C–N with tert-alkyl or cyclic N) is 1. The van der Waals surface area contributed by atoms with Crippen molar-refractivity contribution in [2.24, 2.45) is 11.8 Å². The van der Waals surface area contributed by atoms with Gasteiger partial charge >= 0.3 is 0 Å². The highest BCUT2D eigenvalue weighted by Crippen LogP contribution is 2.19. The van der Waals surface area contributed by atoms with Gasteiger partial charge in [0.25, 0.3) is 0 Å². The van der Waals surface area contributed by atoms with Gasteiger partial charge in [-0.1, -0.05) is 13.8 Å². The first-order valence-electron chi connectivity index (χ1n) is 7.24. The van der Waals surface area contributed by atoms with Crippen molar-refractivity contribution < 1.29 is 9.90 Å². The summed E-state index contributed by atoms with van der Waals surface area (Å²) < 4.78 is 0. The van der Waals surface area contributed by atoms with Crippen molar-refractivity contribution in [2.45, 2.75) is 39.2 Å². The third-order valence-corrected chi connectivity index (χ3v) is 4.50. The lowest BCUT2D eigenvalue weighted by Crippen LogP contribution is -2.49. The molecule has 2 rings (SSSR count). The zero-order valence-corrected chi connectivity index (χ0v) is 11.6. The van der Waals surface area contributed by atoms with Gasteiger partial charge < -0.3 is 10.0 Å². The Morgan fingerprint density at radius 2 is 1.83 bits per heavy atom. The Hall–Kier alpha value is -0.610. The number of hydrogen-bond donors (Lipinski definition) is 1. The minimum Gasteiger partial charge on any atom is -0.392 e. The van der Waals surface area contributed by atoms with Crippen molar-refractivity contribution in [3.63, 3.8) is 0 Å². The molecule has 0 aromatic heterocycles. The van der Waals surface area contributed by atoms with Gasteiger partial charge in [-0.25, -0.2) is 0 Å². The van der Waals surface area contributed by atoms with Crippen molar-refractivity contribution in [2.75, 3.05) is 32.7 Å². The van der Waals surface area contributed by atoms with Crippen LogP contribution >= 0.6 is 0 Å². The first-order valence-corrected chi connectivity index (χ1v) is 7.24. The van der Waals surface area contributed by atoms with Crippen LogP contribution < -0.4 is 0 Å². The molecule has 0 saturated carbocycles. The second-order valence-corrected chi connectivity index (χ2v) is 6.13. The average molecular weight is 254 g/mol. The van der Waals surface area contributed by atoms with Gasteiger partial charge in [0.2, 0.25) is 5.91 Å². The van der Waals surface area contributed by atoms with Crippen LogP contribution in [0.1, 0.15) is 33.1 Å². The summed E-state index contributed by atoms with van der Waals surface area (Å²) in [5.74, 6) is 1.36. The third-order valence-electron chi connectivity index (χ3n) is 4.50. The van der Waals surface area contributed by atoms with Gasteiger partial charge in [0, 0.05) is 19.6 Å². The minimum absolute atomic E-state index is 0.239. The largest absolute Gasteiger partial charge is 0.392 e. The van der Waals surface area contributed by atoms with E-state index in [0.29, 0.717) is 19.0 Å². The van der Waals surface area contributed by atoms with E-state index >= 15 is 0 Å². The van der Waals surface area contributed by atoms with Crippen LogP contribution in [0.25, 0.3) is 0 Å². The molecular formula is C14H26N2O2. The van der Waals surface area contributed by atoms with Crippen LogP contribution in [0.2, 0.25) is 0 Å². The average Bonchev–Trinajstić information content (AvgIpc) is 2.34. The van der Waals surface area contributed by atoms with Crippen LogP contribution in [0.15, 0.2) is 0 Å². The standard InChI is InChI=1S/C14H26N2O2/c1-11-3-7-16(8-4-11)14(18)10-15-6-5-12(2)13(17)9-15/h11-13,17H,3-10H2,1-2H3. The number of aliphatic hydroxyl groups is 1. The highest BCUT2D eigenvalue weighted by molar-refractivity contribution is 5.78. The fourth-order valence-corrected chi connectivity index (χ4v) is 2.81. The molecule has 0 aliphatic carbocycles. The molecule has 2 atom stereocenters. The number of aliphatic hydroxyl groups excluding tert-OH is 1. The van der Waals surface area contributed by atoms with E-state index in [1.165, 1.54) is 0 Å². The molecule has 4 heteroatoms. The monoisotopic (exact) mass is 254 g/mol. The fraction of sp³-hybridized carbons (Fsp3) is 0.929. The Balaban J connectivity index is 1.77. The molecule has 2 aliphatic heterocycles. The van der Waals surface area contributed by atoms with Crippen molar-refractivity contribution in [3.8, 4) is 0 Å². The van der Waals surface area contributed by atoms with E-state index < -0.39 is 0 Å². The molecule has 1 N–H and O–H groups in total. The molecule has 2 unspecified atom stereocenters. The van der Waals surface area contributed by atoms with Gasteiger partial charge in [-0.15, -0.1) is 0 Å². The lowest BCUT2D eigenvalue weighted by molar-refractivity contribution is -0.134. The summed E-state index contributed by atoms with van der Waals surface area (Å²) in [7, 11) is 0. The normalized spacial score (nSPS) is 31.6. The maximum absolute atomic E-state index is 12.2. The number of piperidine rings is 2. The Bertz CT molecular complexity index is 288. The van der Waals surface area contributed by atoms with E-state index in [2.05, 4.69) is 18.7 Å². The number of carbonyl (C=O) groups excluding carboxylic acids is 1. The molecule has 2 saturated heterocycles. The number of rotatable bonds is 2. The molecule has 104 valence electrons. The summed E-state index contributed by atoms with van der Waals surface area (Å²) >= 11 is 0. The molecule has 1 amide bonds. The number of likely N-dealkylation sites (tertiary alicyclic amines) is 2. The van der Waals surface area contributed by atoms with Crippen LogP contribution in [0, 0.1) is 11.8 Å². The summed E-state index contributed by atoms with van der Waals surface area (Å²) in [6, 6.07) is 0. The van der Waals surface area contributed by atoms with E-state index in [-0.39, 0.29) is 12.0 Å². The Labute approximate surface area is 110 Å². The number of carbonyl (C=O) groups is 1. The molecule has 2 fully saturated rings. The summed E-state index contributed by atoms with van der Waals surface area (Å²) in [5, 5.41) is 9.84. The predicted molar refractivity (Wildman–Crippen MR) is 71.2 cm³/mol. The molecule has 0 spiro atoms. The van der Waals surface area contributed by atoms with Gasteiger partial charge in [0.05, 0.1) is 12.6 Å². The van der Waals surface area contributed by atoms with Gasteiger partial charge in [-0.05, 0) is 37.6 Å². The van der Waals surface area contributed by atoms with Crippen LogP contribution in [-0.2, 0) is 4.79 Å². The second kappa shape index (κ2) is 6.02.